The van der Waals surface area contributed by atoms with Crippen LogP contribution in [-0.2, 0) is 13.0 Å². The zero-order chi connectivity index (χ0) is 12.8. The molecular weight excluding hydrogens is 250 g/mol. The molecule has 0 aliphatic heterocycles. The quantitative estimate of drug-likeness (QED) is 0.795. The van der Waals surface area contributed by atoms with Gasteiger partial charge in [0.25, 0.3) is 0 Å². The van der Waals surface area contributed by atoms with E-state index < -0.39 is 0 Å². The number of aromatic nitrogens is 3. The number of nitrogens with zero attached hydrogens (tertiary/aromatic N) is 3. The molecule has 0 saturated carbocycles. The van der Waals surface area contributed by atoms with Crippen LogP contribution >= 0.6 is 11.3 Å². The predicted octanol–water partition coefficient (Wildman–Crippen LogP) is 1.68. The second kappa shape index (κ2) is 6.46. The molecule has 18 heavy (non-hydrogen) atoms. The Morgan fingerprint density at radius 2 is 2.28 bits per heavy atom. The summed E-state index contributed by atoms with van der Waals surface area (Å²) in [5, 5.41) is 16.2. The van der Waals surface area contributed by atoms with Crippen molar-refractivity contribution in [1.82, 2.24) is 20.5 Å². The van der Waals surface area contributed by atoms with Gasteiger partial charge in [-0.2, -0.15) is 0 Å². The molecule has 0 aliphatic rings. The monoisotopic (exact) mass is 267 g/mol. The molecule has 0 spiro atoms. The molecule has 6 nitrogen and oxygen atoms in total. The van der Waals surface area contributed by atoms with E-state index in [2.05, 4.69) is 39.7 Å². The number of hydrogen-bond donors (Lipinski definition) is 2. The molecule has 7 heteroatoms. The first-order valence-corrected chi connectivity index (χ1v) is 6.85. The molecule has 0 saturated heterocycles. The van der Waals surface area contributed by atoms with Gasteiger partial charge in [0, 0.05) is 24.4 Å². The first-order chi connectivity index (χ1) is 8.74. The Balaban J connectivity index is 1.73. The number of hydrogen-bond acceptors (Lipinski definition) is 7. The maximum absolute atomic E-state index is 5.44. The minimum absolute atomic E-state index is 0.401. The standard InChI is InChI=1S/C11H17N5OS/c1-8(2)13-5-10-15-16-11(17-10)12-4-3-9-6-18-7-14-9/h6-8,13H,3-5H2,1-2H3,(H,12,16). The van der Waals surface area contributed by atoms with Gasteiger partial charge in [-0.3, -0.25) is 0 Å². The highest BCUT2D eigenvalue weighted by Gasteiger charge is 2.05. The Labute approximate surface area is 110 Å². The maximum atomic E-state index is 5.44. The average Bonchev–Trinajstić information content (AvgIpc) is 2.97. The highest BCUT2D eigenvalue weighted by molar-refractivity contribution is 7.07. The van der Waals surface area contributed by atoms with E-state index in [1.807, 2.05) is 10.9 Å². The second-order valence-corrected chi connectivity index (χ2v) is 4.91. The lowest BCUT2D eigenvalue weighted by Crippen LogP contribution is -2.21. The molecule has 2 aromatic rings. The van der Waals surface area contributed by atoms with Gasteiger partial charge < -0.3 is 15.1 Å². The fourth-order valence-corrected chi connectivity index (χ4v) is 1.94. The molecular formula is C11H17N5OS. The number of rotatable bonds is 7. The highest BCUT2D eigenvalue weighted by atomic mass is 32.1. The van der Waals surface area contributed by atoms with Gasteiger partial charge >= 0.3 is 6.01 Å². The molecule has 98 valence electrons. The van der Waals surface area contributed by atoms with E-state index >= 15 is 0 Å². The van der Waals surface area contributed by atoms with Crippen LogP contribution in [0.4, 0.5) is 6.01 Å². The molecule has 2 aromatic heterocycles. The van der Waals surface area contributed by atoms with Crippen LogP contribution in [0.3, 0.4) is 0 Å². The lowest BCUT2D eigenvalue weighted by molar-refractivity contribution is 0.458. The van der Waals surface area contributed by atoms with Crippen molar-refractivity contribution in [3.05, 3.63) is 22.5 Å². The van der Waals surface area contributed by atoms with E-state index in [4.69, 9.17) is 4.42 Å². The molecule has 0 aliphatic carbocycles. The van der Waals surface area contributed by atoms with Crippen molar-refractivity contribution >= 4 is 17.4 Å². The molecule has 2 N–H and O–H groups in total. The molecule has 2 rings (SSSR count). The van der Waals surface area contributed by atoms with Gasteiger partial charge in [-0.25, -0.2) is 4.98 Å². The van der Waals surface area contributed by atoms with Gasteiger partial charge in [0.1, 0.15) is 0 Å². The highest BCUT2D eigenvalue weighted by Crippen LogP contribution is 2.06. The van der Waals surface area contributed by atoms with Crippen molar-refractivity contribution in [2.75, 3.05) is 11.9 Å². The Hall–Kier alpha value is -1.47. The van der Waals surface area contributed by atoms with Crippen molar-refractivity contribution in [3.63, 3.8) is 0 Å². The van der Waals surface area contributed by atoms with Gasteiger partial charge in [-0.15, -0.1) is 16.4 Å². The zero-order valence-electron chi connectivity index (χ0n) is 10.5. The molecule has 2 heterocycles. The summed E-state index contributed by atoms with van der Waals surface area (Å²) in [6.07, 6.45) is 0.853. The third kappa shape index (κ3) is 4.08. The predicted molar refractivity (Wildman–Crippen MR) is 70.6 cm³/mol. The summed E-state index contributed by atoms with van der Waals surface area (Å²) in [5.74, 6) is 0.597. The molecule has 0 amide bonds. The van der Waals surface area contributed by atoms with Crippen molar-refractivity contribution in [2.24, 2.45) is 0 Å². The lowest BCUT2D eigenvalue weighted by Gasteiger charge is -2.03. The number of thiazole rings is 1. The minimum Gasteiger partial charge on any atom is -0.407 e. The third-order valence-corrected chi connectivity index (χ3v) is 2.90. The number of nitrogens with one attached hydrogen (secondary N) is 2. The summed E-state index contributed by atoms with van der Waals surface area (Å²) in [6.45, 7) is 5.48. The SMILES string of the molecule is CC(C)NCc1nnc(NCCc2cscn2)o1. The van der Waals surface area contributed by atoms with Crippen molar-refractivity contribution < 1.29 is 4.42 Å². The van der Waals surface area contributed by atoms with Crippen LogP contribution in [0, 0.1) is 0 Å². The van der Waals surface area contributed by atoms with Crippen LogP contribution in [0.2, 0.25) is 0 Å². The summed E-state index contributed by atoms with van der Waals surface area (Å²) < 4.78 is 5.44. The molecule has 0 fully saturated rings. The Bertz CT molecular complexity index is 454. The third-order valence-electron chi connectivity index (χ3n) is 2.27. The fourth-order valence-electron chi connectivity index (χ4n) is 1.35. The summed E-state index contributed by atoms with van der Waals surface area (Å²) in [4.78, 5) is 4.20. The second-order valence-electron chi connectivity index (χ2n) is 4.19. The zero-order valence-corrected chi connectivity index (χ0v) is 11.3. The van der Waals surface area contributed by atoms with Crippen LogP contribution in [-0.4, -0.2) is 27.8 Å². The lowest BCUT2D eigenvalue weighted by atomic mass is 10.3. The minimum atomic E-state index is 0.401. The largest absolute Gasteiger partial charge is 0.407 e. The van der Waals surface area contributed by atoms with Gasteiger partial charge in [0.05, 0.1) is 17.7 Å². The topological polar surface area (TPSA) is 75.9 Å². The van der Waals surface area contributed by atoms with E-state index in [0.717, 1.165) is 18.7 Å². The smallest absolute Gasteiger partial charge is 0.315 e. The molecule has 0 unspecified atom stereocenters. The Morgan fingerprint density at radius 1 is 1.39 bits per heavy atom. The van der Waals surface area contributed by atoms with E-state index in [-0.39, 0.29) is 0 Å². The number of anilines is 1. The van der Waals surface area contributed by atoms with Gasteiger partial charge in [0.2, 0.25) is 5.89 Å². The van der Waals surface area contributed by atoms with Crippen LogP contribution < -0.4 is 10.6 Å². The first kappa shape index (κ1) is 13.0. The summed E-state index contributed by atoms with van der Waals surface area (Å²) in [5.41, 5.74) is 2.91. The van der Waals surface area contributed by atoms with Crippen molar-refractivity contribution in [1.29, 1.82) is 0 Å². The Morgan fingerprint density at radius 3 is 3.00 bits per heavy atom. The van der Waals surface area contributed by atoms with Crippen molar-refractivity contribution in [2.45, 2.75) is 32.9 Å². The van der Waals surface area contributed by atoms with Crippen LogP contribution in [0.25, 0.3) is 0 Å². The normalized spacial score (nSPS) is 11.1. The van der Waals surface area contributed by atoms with Crippen molar-refractivity contribution in [3.8, 4) is 0 Å². The Kier molecular flexibility index (Phi) is 4.66. The maximum Gasteiger partial charge on any atom is 0.315 e. The van der Waals surface area contributed by atoms with E-state index in [9.17, 15) is 0 Å². The van der Waals surface area contributed by atoms with Gasteiger partial charge in [-0.05, 0) is 0 Å². The van der Waals surface area contributed by atoms with Gasteiger partial charge in [0.15, 0.2) is 0 Å². The van der Waals surface area contributed by atoms with Crippen LogP contribution in [0.5, 0.6) is 0 Å². The first-order valence-electron chi connectivity index (χ1n) is 5.90. The van der Waals surface area contributed by atoms with Crippen LogP contribution in [0.1, 0.15) is 25.4 Å². The van der Waals surface area contributed by atoms with E-state index in [1.165, 1.54) is 0 Å². The molecule has 0 aromatic carbocycles. The van der Waals surface area contributed by atoms with Crippen LogP contribution in [0.15, 0.2) is 15.3 Å². The fraction of sp³-hybridized carbons (Fsp3) is 0.545. The summed E-state index contributed by atoms with van der Waals surface area (Å²) in [7, 11) is 0. The molecule has 0 radical (unpaired) electrons. The summed E-state index contributed by atoms with van der Waals surface area (Å²) in [6, 6.07) is 0.865. The summed E-state index contributed by atoms with van der Waals surface area (Å²) >= 11 is 1.60. The van der Waals surface area contributed by atoms with Gasteiger partial charge in [-0.1, -0.05) is 18.9 Å². The average molecular weight is 267 g/mol. The molecule has 0 bridgehead atoms. The van der Waals surface area contributed by atoms with E-state index in [0.29, 0.717) is 24.5 Å². The molecule has 0 atom stereocenters. The van der Waals surface area contributed by atoms with E-state index in [1.54, 1.807) is 11.3 Å².